The zero-order chi connectivity index (χ0) is 27.7. The Morgan fingerprint density at radius 3 is 2.08 bits per heavy atom. The minimum absolute atomic E-state index is 0.236. The third-order valence-electron chi connectivity index (χ3n) is 6.59. The van der Waals surface area contributed by atoms with Crippen molar-refractivity contribution in [2.45, 2.75) is 41.5 Å². The number of hydrogen-bond acceptors (Lipinski definition) is 5. The third kappa shape index (κ3) is 5.41. The summed E-state index contributed by atoms with van der Waals surface area (Å²) in [5, 5.41) is 13.3. The first kappa shape index (κ1) is 28.0. The molecule has 4 rings (SSSR count). The number of hydrogen-bond donors (Lipinski definition) is 1. The number of nitrogens with zero attached hydrogens (tertiary/aromatic N) is 4. The molecule has 10 heteroatoms. The van der Waals surface area contributed by atoms with E-state index in [2.05, 4.69) is 53.3 Å². The van der Waals surface area contributed by atoms with Crippen LogP contribution in [0.25, 0.3) is 16.7 Å². The molecule has 38 heavy (non-hydrogen) atoms. The van der Waals surface area contributed by atoms with Crippen LogP contribution >= 0.6 is 34.8 Å². The van der Waals surface area contributed by atoms with Gasteiger partial charge in [0.25, 0.3) is 5.91 Å². The summed E-state index contributed by atoms with van der Waals surface area (Å²) in [6.45, 7) is 13.4. The summed E-state index contributed by atoms with van der Waals surface area (Å²) in [6, 6.07) is 9.97. The highest BCUT2D eigenvalue weighted by atomic mass is 35.5. The zero-order valence-corrected chi connectivity index (χ0v) is 24.5. The summed E-state index contributed by atoms with van der Waals surface area (Å²) in [6.07, 6.45) is 0. The van der Waals surface area contributed by atoms with Crippen molar-refractivity contribution in [1.29, 1.82) is 0 Å². The Balaban J connectivity index is 1.54. The molecule has 0 saturated heterocycles. The van der Waals surface area contributed by atoms with E-state index in [9.17, 15) is 4.79 Å². The van der Waals surface area contributed by atoms with E-state index in [4.69, 9.17) is 39.5 Å². The number of fused-ring (bicyclic) bond motifs is 1. The van der Waals surface area contributed by atoms with Gasteiger partial charge in [0.05, 0.1) is 15.7 Å². The number of carbonyl (C=O) groups is 1. The van der Waals surface area contributed by atoms with Gasteiger partial charge in [0.2, 0.25) is 0 Å². The maximum absolute atomic E-state index is 12.7. The number of rotatable bonds is 8. The lowest BCUT2D eigenvalue weighted by atomic mass is 10.1. The van der Waals surface area contributed by atoms with Crippen LogP contribution in [0, 0.1) is 27.7 Å². The molecule has 0 unspecified atom stereocenters. The Labute approximate surface area is 237 Å². The second-order valence-corrected chi connectivity index (χ2v) is 10.3. The number of aromatic nitrogens is 3. The van der Waals surface area contributed by atoms with Gasteiger partial charge in [-0.1, -0.05) is 34.8 Å². The smallest absolute Gasteiger partial charge is 0.262 e. The monoisotopic (exact) mass is 573 g/mol. The Kier molecular flexibility index (Phi) is 8.40. The largest absolute Gasteiger partial charge is 0.481 e. The first-order valence-corrected chi connectivity index (χ1v) is 13.5. The number of carbonyl (C=O) groups excluding carboxylic acids is 1. The molecule has 0 bridgehead atoms. The van der Waals surface area contributed by atoms with Gasteiger partial charge in [-0.05, 0) is 94.1 Å². The fourth-order valence-corrected chi connectivity index (χ4v) is 5.14. The van der Waals surface area contributed by atoms with Crippen LogP contribution in [0.4, 0.5) is 11.4 Å². The summed E-state index contributed by atoms with van der Waals surface area (Å²) in [7, 11) is 0. The molecule has 7 nitrogen and oxygen atoms in total. The number of benzene rings is 3. The van der Waals surface area contributed by atoms with Crippen molar-refractivity contribution in [1.82, 2.24) is 15.0 Å². The van der Waals surface area contributed by atoms with Crippen LogP contribution in [-0.4, -0.2) is 40.6 Å². The summed E-state index contributed by atoms with van der Waals surface area (Å²) < 4.78 is 5.69. The minimum Gasteiger partial charge on any atom is -0.481 e. The molecule has 1 N–H and O–H groups in total. The first-order valence-electron chi connectivity index (χ1n) is 12.4. The number of nitrogens with one attached hydrogen (secondary N) is 1. The van der Waals surface area contributed by atoms with Crippen molar-refractivity contribution >= 4 is 63.1 Å². The van der Waals surface area contributed by atoms with Crippen LogP contribution in [0.15, 0.2) is 30.3 Å². The number of aryl methyl sites for hydroxylation is 2. The average Bonchev–Trinajstić information content (AvgIpc) is 3.29. The quantitative estimate of drug-likeness (QED) is 0.236. The summed E-state index contributed by atoms with van der Waals surface area (Å²) >= 11 is 19.0. The molecule has 0 aliphatic carbocycles. The molecule has 0 fully saturated rings. The second-order valence-electron chi connectivity index (χ2n) is 9.15. The van der Waals surface area contributed by atoms with Gasteiger partial charge in [0.1, 0.15) is 11.0 Å². The van der Waals surface area contributed by atoms with Gasteiger partial charge in [0, 0.05) is 29.5 Å². The van der Waals surface area contributed by atoms with E-state index in [1.54, 1.807) is 18.6 Å². The number of anilines is 2. The van der Waals surface area contributed by atoms with Crippen LogP contribution in [0.5, 0.6) is 5.75 Å². The van der Waals surface area contributed by atoms with E-state index in [0.717, 1.165) is 35.4 Å². The topological polar surface area (TPSA) is 72.3 Å². The third-order valence-corrected chi connectivity index (χ3v) is 8.07. The number of halogens is 3. The first-order chi connectivity index (χ1) is 18.0. The lowest BCUT2D eigenvalue weighted by molar-refractivity contribution is -0.118. The Hall–Kier alpha value is -3.00. The Bertz CT molecular complexity index is 1500. The van der Waals surface area contributed by atoms with Crippen LogP contribution in [0.1, 0.15) is 36.1 Å². The van der Waals surface area contributed by atoms with Crippen molar-refractivity contribution < 1.29 is 9.53 Å². The standard InChI is InChI=1S/C28H30Cl3N5O2/c1-7-35(8-2)19-9-10-23(16(4)11-19)36-33-21-12-15(3)20(13-22(21)34-36)32-24(37)14-38-28-26(30)17(5)25(29)18(6)27(28)31/h9-13H,7-8,14H2,1-6H3,(H,32,37). The van der Waals surface area contributed by atoms with Gasteiger partial charge >= 0.3 is 0 Å². The van der Waals surface area contributed by atoms with E-state index in [0.29, 0.717) is 27.4 Å². The molecule has 0 aliphatic rings. The predicted octanol–water partition coefficient (Wildman–Crippen LogP) is 7.48. The van der Waals surface area contributed by atoms with Crippen molar-refractivity contribution in [3.8, 4) is 11.4 Å². The van der Waals surface area contributed by atoms with Crippen molar-refractivity contribution in [3.05, 3.63) is 67.7 Å². The normalized spacial score (nSPS) is 11.2. The predicted molar refractivity (Wildman–Crippen MR) is 157 cm³/mol. The van der Waals surface area contributed by atoms with Crippen molar-refractivity contribution in [2.24, 2.45) is 0 Å². The molecular weight excluding hydrogens is 545 g/mol. The zero-order valence-electron chi connectivity index (χ0n) is 22.2. The fraction of sp³-hybridized carbons (Fsp3) is 0.321. The Morgan fingerprint density at radius 2 is 1.50 bits per heavy atom. The lowest BCUT2D eigenvalue weighted by Crippen LogP contribution is -2.21. The molecule has 0 saturated carbocycles. The number of amides is 1. The molecule has 200 valence electrons. The van der Waals surface area contributed by atoms with Crippen molar-refractivity contribution in [2.75, 3.05) is 29.9 Å². The maximum Gasteiger partial charge on any atom is 0.262 e. The van der Waals surface area contributed by atoms with Crippen LogP contribution in [0.2, 0.25) is 15.1 Å². The molecule has 0 atom stereocenters. The van der Waals surface area contributed by atoms with E-state index >= 15 is 0 Å². The molecule has 3 aromatic carbocycles. The molecule has 0 aliphatic heterocycles. The maximum atomic E-state index is 12.7. The van der Waals surface area contributed by atoms with E-state index < -0.39 is 0 Å². The average molecular weight is 575 g/mol. The highest BCUT2D eigenvalue weighted by Crippen LogP contribution is 2.42. The molecule has 0 spiro atoms. The second kappa shape index (κ2) is 11.4. The SMILES string of the molecule is CCN(CC)c1ccc(-n2nc3cc(C)c(NC(=O)COc4c(Cl)c(C)c(Cl)c(C)c4Cl)cc3n2)c(C)c1. The molecule has 1 amide bonds. The van der Waals surface area contributed by atoms with Crippen LogP contribution < -0.4 is 15.0 Å². The van der Waals surface area contributed by atoms with Gasteiger partial charge in [-0.3, -0.25) is 4.79 Å². The highest BCUT2D eigenvalue weighted by Gasteiger charge is 2.19. The van der Waals surface area contributed by atoms with Crippen LogP contribution in [-0.2, 0) is 4.79 Å². The molecule has 1 heterocycles. The van der Waals surface area contributed by atoms with Crippen LogP contribution in [0.3, 0.4) is 0 Å². The van der Waals surface area contributed by atoms with Gasteiger partial charge in [-0.15, -0.1) is 10.2 Å². The summed E-state index contributed by atoms with van der Waals surface area (Å²) in [5.41, 5.74) is 7.29. The highest BCUT2D eigenvalue weighted by molar-refractivity contribution is 6.42. The van der Waals surface area contributed by atoms with E-state index in [1.165, 1.54) is 5.69 Å². The molecule has 0 radical (unpaired) electrons. The lowest BCUT2D eigenvalue weighted by Gasteiger charge is -2.22. The molecule has 1 aromatic heterocycles. The molecular formula is C28H30Cl3N5O2. The molecule has 4 aromatic rings. The fourth-order valence-electron chi connectivity index (χ4n) is 4.32. The summed E-state index contributed by atoms with van der Waals surface area (Å²) in [5.74, 6) is -0.125. The summed E-state index contributed by atoms with van der Waals surface area (Å²) in [4.78, 5) is 16.7. The van der Waals surface area contributed by atoms with E-state index in [1.807, 2.05) is 25.1 Å². The number of ether oxygens (including phenoxy) is 1. The van der Waals surface area contributed by atoms with E-state index in [-0.39, 0.29) is 28.3 Å². The van der Waals surface area contributed by atoms with Gasteiger partial charge in [0.15, 0.2) is 12.4 Å². The Morgan fingerprint density at radius 1 is 0.895 bits per heavy atom. The van der Waals surface area contributed by atoms with Gasteiger partial charge in [-0.2, -0.15) is 4.80 Å². The minimum atomic E-state index is -0.361. The van der Waals surface area contributed by atoms with Gasteiger partial charge < -0.3 is 15.0 Å². The van der Waals surface area contributed by atoms with Gasteiger partial charge in [-0.25, -0.2) is 0 Å². The van der Waals surface area contributed by atoms with Crippen molar-refractivity contribution in [3.63, 3.8) is 0 Å².